The second kappa shape index (κ2) is 9.75. The number of carbonyl (C=O) groups is 1. The molecule has 2 aliphatic heterocycles. The largest absolute Gasteiger partial charge is 0.352 e. The summed E-state index contributed by atoms with van der Waals surface area (Å²) in [6, 6.07) is 11.3. The summed E-state index contributed by atoms with van der Waals surface area (Å²) in [5.41, 5.74) is 4.50. The van der Waals surface area contributed by atoms with Crippen LogP contribution >= 0.6 is 0 Å². The number of hydrogen-bond acceptors (Lipinski definition) is 4. The topological polar surface area (TPSA) is 73.0 Å². The Morgan fingerprint density at radius 2 is 2.07 bits per heavy atom. The van der Waals surface area contributed by atoms with E-state index in [9.17, 15) is 4.79 Å². The average molecular weight is 410 g/mol. The van der Waals surface area contributed by atoms with Crippen molar-refractivity contribution in [3.63, 3.8) is 0 Å². The Morgan fingerprint density at radius 1 is 1.23 bits per heavy atom. The van der Waals surface area contributed by atoms with Gasteiger partial charge in [-0.3, -0.25) is 14.8 Å². The Kier molecular flexibility index (Phi) is 6.85. The van der Waals surface area contributed by atoms with E-state index < -0.39 is 0 Å². The average Bonchev–Trinajstić information content (AvgIpc) is 3.06. The Balaban J connectivity index is 1.21. The number of nitrogens with one attached hydrogen (secondary N) is 3. The molecule has 4 rings (SSSR count). The molecule has 1 aromatic carbocycles. The number of aromatic amines is 1. The summed E-state index contributed by atoms with van der Waals surface area (Å²) in [7, 11) is 0. The first-order chi connectivity index (χ1) is 14.6. The molecule has 3 N–H and O–H groups in total. The van der Waals surface area contributed by atoms with E-state index in [2.05, 4.69) is 56.1 Å². The van der Waals surface area contributed by atoms with E-state index in [1.165, 1.54) is 18.5 Å². The van der Waals surface area contributed by atoms with Gasteiger partial charge in [-0.2, -0.15) is 5.10 Å². The van der Waals surface area contributed by atoms with Crippen molar-refractivity contribution in [1.82, 2.24) is 25.7 Å². The highest BCUT2D eigenvalue weighted by Crippen LogP contribution is 2.31. The molecule has 1 aromatic heterocycles. The van der Waals surface area contributed by atoms with Gasteiger partial charge in [0.25, 0.3) is 0 Å². The number of amides is 1. The van der Waals surface area contributed by atoms with Gasteiger partial charge in [0.2, 0.25) is 5.91 Å². The van der Waals surface area contributed by atoms with Crippen LogP contribution in [0, 0.1) is 25.7 Å². The summed E-state index contributed by atoms with van der Waals surface area (Å²) in [4.78, 5) is 14.9. The Bertz CT molecular complexity index is 814. The molecule has 2 aliphatic rings. The number of hydrogen-bond donors (Lipinski definition) is 3. The molecule has 2 fully saturated rings. The number of piperidine rings is 2. The third-order valence-electron chi connectivity index (χ3n) is 6.79. The lowest BCUT2D eigenvalue weighted by atomic mass is 9.79. The summed E-state index contributed by atoms with van der Waals surface area (Å²) in [5, 5.41) is 14.0. The van der Waals surface area contributed by atoms with Gasteiger partial charge in [0.1, 0.15) is 0 Å². The van der Waals surface area contributed by atoms with Crippen LogP contribution < -0.4 is 10.6 Å². The predicted octanol–water partition coefficient (Wildman–Crippen LogP) is 2.92. The summed E-state index contributed by atoms with van der Waals surface area (Å²) < 4.78 is 0. The van der Waals surface area contributed by atoms with Gasteiger partial charge in [0.15, 0.2) is 0 Å². The lowest BCUT2D eigenvalue weighted by Gasteiger charge is -2.46. The summed E-state index contributed by atoms with van der Waals surface area (Å²) >= 11 is 0. The standard InChI is InChI=1S/C24H35N5O/c1-17-22(18(2)28-27-17)13-26-24(30)10-6-9-23-21-11-20(12-25-23)15-29(16-21)14-19-7-4-3-5-8-19/h3-5,7-8,20-21,23,25H,6,9-16H2,1-2H3,(H,26,30)(H,27,28)/t20?,21?,23-/m1/s1. The number of nitrogens with zero attached hydrogens (tertiary/aromatic N) is 2. The van der Waals surface area contributed by atoms with Gasteiger partial charge in [-0.15, -0.1) is 0 Å². The monoisotopic (exact) mass is 409 g/mol. The molecular weight excluding hydrogens is 374 g/mol. The molecule has 6 heteroatoms. The van der Waals surface area contributed by atoms with E-state index >= 15 is 0 Å². The molecule has 6 nitrogen and oxygen atoms in total. The van der Waals surface area contributed by atoms with Gasteiger partial charge >= 0.3 is 0 Å². The molecule has 1 amide bonds. The van der Waals surface area contributed by atoms with Crippen molar-refractivity contribution in [3.8, 4) is 0 Å². The fourth-order valence-corrected chi connectivity index (χ4v) is 5.17. The van der Waals surface area contributed by atoms with E-state index in [-0.39, 0.29) is 5.91 Å². The maximum absolute atomic E-state index is 12.3. The molecule has 2 aromatic rings. The molecule has 0 spiro atoms. The number of carbonyl (C=O) groups excluding carboxylic acids is 1. The first-order valence-corrected chi connectivity index (χ1v) is 11.3. The molecular formula is C24H35N5O. The van der Waals surface area contributed by atoms with Crippen molar-refractivity contribution >= 4 is 5.91 Å². The maximum atomic E-state index is 12.3. The highest BCUT2D eigenvalue weighted by atomic mass is 16.1. The number of rotatable bonds is 8. The molecule has 3 atom stereocenters. The quantitative estimate of drug-likeness (QED) is 0.627. The van der Waals surface area contributed by atoms with Crippen molar-refractivity contribution in [2.75, 3.05) is 19.6 Å². The molecule has 3 heterocycles. The lowest BCUT2D eigenvalue weighted by molar-refractivity contribution is -0.121. The van der Waals surface area contributed by atoms with Crippen LogP contribution in [-0.4, -0.2) is 46.7 Å². The van der Waals surface area contributed by atoms with Crippen molar-refractivity contribution in [3.05, 3.63) is 52.8 Å². The molecule has 0 aliphatic carbocycles. The molecule has 0 saturated carbocycles. The highest BCUT2D eigenvalue weighted by Gasteiger charge is 2.36. The van der Waals surface area contributed by atoms with Crippen molar-refractivity contribution < 1.29 is 4.79 Å². The zero-order chi connectivity index (χ0) is 20.9. The van der Waals surface area contributed by atoms with Crippen LogP contribution in [0.15, 0.2) is 30.3 Å². The minimum atomic E-state index is 0.137. The maximum Gasteiger partial charge on any atom is 0.220 e. The van der Waals surface area contributed by atoms with E-state index in [0.29, 0.717) is 24.9 Å². The fourth-order valence-electron chi connectivity index (χ4n) is 5.17. The summed E-state index contributed by atoms with van der Waals surface area (Å²) in [5.74, 6) is 1.59. The third kappa shape index (κ3) is 5.29. The zero-order valence-electron chi connectivity index (χ0n) is 18.3. The van der Waals surface area contributed by atoms with Gasteiger partial charge in [-0.1, -0.05) is 30.3 Å². The SMILES string of the molecule is Cc1n[nH]c(C)c1CNC(=O)CCC[C@H]1NCC2CC1CN(Cc1ccccc1)C2. The van der Waals surface area contributed by atoms with Gasteiger partial charge in [0.05, 0.1) is 5.69 Å². The van der Waals surface area contributed by atoms with Crippen LogP contribution in [-0.2, 0) is 17.9 Å². The first-order valence-electron chi connectivity index (χ1n) is 11.3. The van der Waals surface area contributed by atoms with Gasteiger partial charge in [-0.05, 0) is 57.1 Å². The van der Waals surface area contributed by atoms with E-state index in [1.807, 2.05) is 13.8 Å². The number of likely N-dealkylation sites (tertiary alicyclic amines) is 1. The number of aromatic nitrogens is 2. The predicted molar refractivity (Wildman–Crippen MR) is 119 cm³/mol. The minimum Gasteiger partial charge on any atom is -0.352 e. The molecule has 30 heavy (non-hydrogen) atoms. The Morgan fingerprint density at radius 3 is 2.83 bits per heavy atom. The van der Waals surface area contributed by atoms with E-state index in [0.717, 1.165) is 55.3 Å². The third-order valence-corrected chi connectivity index (χ3v) is 6.79. The fraction of sp³-hybridized carbons (Fsp3) is 0.583. The number of benzene rings is 1. The van der Waals surface area contributed by atoms with Crippen molar-refractivity contribution in [1.29, 1.82) is 0 Å². The number of fused-ring (bicyclic) bond motifs is 2. The van der Waals surface area contributed by atoms with Crippen LogP contribution in [0.1, 0.15) is 48.2 Å². The summed E-state index contributed by atoms with van der Waals surface area (Å²) in [6.07, 6.45) is 3.94. The Labute approximate surface area is 179 Å². The van der Waals surface area contributed by atoms with Crippen LogP contribution in [0.3, 0.4) is 0 Å². The zero-order valence-corrected chi connectivity index (χ0v) is 18.3. The smallest absolute Gasteiger partial charge is 0.220 e. The molecule has 162 valence electrons. The molecule has 2 saturated heterocycles. The number of H-pyrrole nitrogens is 1. The van der Waals surface area contributed by atoms with Gasteiger partial charge in [-0.25, -0.2) is 0 Å². The first kappa shape index (κ1) is 21.1. The minimum absolute atomic E-state index is 0.137. The molecule has 2 bridgehead atoms. The normalized spacial score (nSPS) is 24.0. The van der Waals surface area contributed by atoms with E-state index in [4.69, 9.17) is 0 Å². The second-order valence-corrected chi connectivity index (χ2v) is 9.14. The summed E-state index contributed by atoms with van der Waals surface area (Å²) in [6.45, 7) is 9.04. The van der Waals surface area contributed by atoms with Crippen LogP contribution in [0.5, 0.6) is 0 Å². The second-order valence-electron chi connectivity index (χ2n) is 9.14. The highest BCUT2D eigenvalue weighted by molar-refractivity contribution is 5.75. The van der Waals surface area contributed by atoms with E-state index in [1.54, 1.807) is 0 Å². The van der Waals surface area contributed by atoms with Crippen LogP contribution in [0.2, 0.25) is 0 Å². The Hall–Kier alpha value is -2.18. The molecule has 2 unspecified atom stereocenters. The van der Waals surface area contributed by atoms with Crippen molar-refractivity contribution in [2.45, 2.75) is 58.7 Å². The lowest BCUT2D eigenvalue weighted by Crippen LogP contribution is -2.55. The van der Waals surface area contributed by atoms with Crippen LogP contribution in [0.25, 0.3) is 0 Å². The van der Waals surface area contributed by atoms with Crippen molar-refractivity contribution in [2.24, 2.45) is 11.8 Å². The molecule has 0 radical (unpaired) electrons. The van der Waals surface area contributed by atoms with Gasteiger partial charge in [0, 0.05) is 49.9 Å². The van der Waals surface area contributed by atoms with Gasteiger partial charge < -0.3 is 10.6 Å². The number of aryl methyl sites for hydroxylation is 2. The van der Waals surface area contributed by atoms with Crippen LogP contribution in [0.4, 0.5) is 0 Å².